The SMILES string of the molecule is Cc1nc(C2CCNC2)oc1C(F)F. The summed E-state index contributed by atoms with van der Waals surface area (Å²) in [6, 6.07) is 0. The molecule has 78 valence electrons. The Kier molecular flexibility index (Phi) is 2.50. The third-order valence-corrected chi connectivity index (χ3v) is 2.46. The van der Waals surface area contributed by atoms with Gasteiger partial charge in [0.1, 0.15) is 0 Å². The summed E-state index contributed by atoms with van der Waals surface area (Å²) in [5, 5.41) is 3.14. The summed E-state index contributed by atoms with van der Waals surface area (Å²) in [5.74, 6) is 0.316. The molecule has 5 heteroatoms. The van der Waals surface area contributed by atoms with E-state index in [9.17, 15) is 8.78 Å². The molecule has 1 aromatic rings. The van der Waals surface area contributed by atoms with Crippen molar-refractivity contribution in [1.29, 1.82) is 0 Å². The molecule has 2 heterocycles. The van der Waals surface area contributed by atoms with Crippen LogP contribution in [0.25, 0.3) is 0 Å². The molecule has 14 heavy (non-hydrogen) atoms. The van der Waals surface area contributed by atoms with Gasteiger partial charge in [-0.2, -0.15) is 0 Å². The van der Waals surface area contributed by atoms with Crippen molar-refractivity contribution in [3.05, 3.63) is 17.3 Å². The smallest absolute Gasteiger partial charge is 0.297 e. The van der Waals surface area contributed by atoms with Gasteiger partial charge in [0.15, 0.2) is 11.7 Å². The van der Waals surface area contributed by atoms with Gasteiger partial charge in [-0.3, -0.25) is 0 Å². The highest BCUT2D eigenvalue weighted by Gasteiger charge is 2.25. The third kappa shape index (κ3) is 1.64. The zero-order chi connectivity index (χ0) is 10.1. The first-order valence-corrected chi connectivity index (χ1v) is 4.64. The predicted molar refractivity (Wildman–Crippen MR) is 46.4 cm³/mol. The van der Waals surface area contributed by atoms with Crippen molar-refractivity contribution in [2.24, 2.45) is 0 Å². The van der Waals surface area contributed by atoms with E-state index in [1.807, 2.05) is 0 Å². The van der Waals surface area contributed by atoms with Crippen molar-refractivity contribution in [2.75, 3.05) is 13.1 Å². The van der Waals surface area contributed by atoms with Crippen molar-refractivity contribution in [3.8, 4) is 0 Å². The van der Waals surface area contributed by atoms with Crippen LogP contribution in [0.5, 0.6) is 0 Å². The number of aromatic nitrogens is 1. The molecule has 0 aliphatic carbocycles. The third-order valence-electron chi connectivity index (χ3n) is 2.46. The number of rotatable bonds is 2. The molecule has 1 aliphatic rings. The molecule has 2 rings (SSSR count). The van der Waals surface area contributed by atoms with Gasteiger partial charge in [-0.25, -0.2) is 13.8 Å². The number of alkyl halides is 2. The maximum Gasteiger partial charge on any atom is 0.297 e. The lowest BCUT2D eigenvalue weighted by atomic mass is 10.1. The molecule has 1 atom stereocenters. The highest BCUT2D eigenvalue weighted by molar-refractivity contribution is 5.12. The predicted octanol–water partition coefficient (Wildman–Crippen LogP) is 2.00. The van der Waals surface area contributed by atoms with E-state index in [2.05, 4.69) is 10.3 Å². The van der Waals surface area contributed by atoms with Gasteiger partial charge >= 0.3 is 0 Å². The summed E-state index contributed by atoms with van der Waals surface area (Å²) < 4.78 is 29.8. The summed E-state index contributed by atoms with van der Waals surface area (Å²) in [7, 11) is 0. The molecule has 1 aliphatic heterocycles. The number of aryl methyl sites for hydroxylation is 1. The molecular formula is C9H12F2N2O. The van der Waals surface area contributed by atoms with Gasteiger partial charge in [0.2, 0.25) is 0 Å². The van der Waals surface area contributed by atoms with Gasteiger partial charge in [0.05, 0.1) is 5.69 Å². The van der Waals surface area contributed by atoms with Crippen LogP contribution in [0, 0.1) is 6.92 Å². The van der Waals surface area contributed by atoms with Gasteiger partial charge < -0.3 is 9.73 Å². The first-order chi connectivity index (χ1) is 6.68. The molecule has 1 unspecified atom stereocenters. The fraction of sp³-hybridized carbons (Fsp3) is 0.667. The lowest BCUT2D eigenvalue weighted by molar-refractivity contribution is 0.118. The second-order valence-electron chi connectivity index (χ2n) is 3.49. The number of nitrogens with zero attached hydrogens (tertiary/aromatic N) is 1. The Morgan fingerprint density at radius 3 is 2.86 bits per heavy atom. The van der Waals surface area contributed by atoms with Gasteiger partial charge in [0, 0.05) is 12.5 Å². The Hall–Kier alpha value is -0.970. The first kappa shape index (κ1) is 9.58. The van der Waals surface area contributed by atoms with Crippen LogP contribution in [0.4, 0.5) is 8.78 Å². The summed E-state index contributed by atoms with van der Waals surface area (Å²) in [6.45, 7) is 3.22. The topological polar surface area (TPSA) is 38.1 Å². The number of halogens is 2. The van der Waals surface area contributed by atoms with Gasteiger partial charge in [-0.15, -0.1) is 0 Å². The minimum atomic E-state index is -2.56. The first-order valence-electron chi connectivity index (χ1n) is 4.64. The van der Waals surface area contributed by atoms with E-state index in [1.165, 1.54) is 0 Å². The van der Waals surface area contributed by atoms with Gasteiger partial charge in [-0.05, 0) is 19.9 Å². The van der Waals surface area contributed by atoms with Crippen molar-refractivity contribution < 1.29 is 13.2 Å². The van der Waals surface area contributed by atoms with Crippen LogP contribution >= 0.6 is 0 Å². The minimum absolute atomic E-state index is 0.154. The highest BCUT2D eigenvalue weighted by atomic mass is 19.3. The molecule has 0 amide bonds. The fourth-order valence-corrected chi connectivity index (χ4v) is 1.67. The van der Waals surface area contributed by atoms with Crippen molar-refractivity contribution in [2.45, 2.75) is 25.7 Å². The Balaban J connectivity index is 2.22. The quantitative estimate of drug-likeness (QED) is 0.797. The minimum Gasteiger partial charge on any atom is -0.439 e. The zero-order valence-corrected chi connectivity index (χ0v) is 7.89. The molecule has 0 spiro atoms. The Morgan fingerprint density at radius 1 is 1.57 bits per heavy atom. The lowest BCUT2D eigenvalue weighted by Crippen LogP contribution is -2.08. The molecular weight excluding hydrogens is 190 g/mol. The lowest BCUT2D eigenvalue weighted by Gasteiger charge is -2.00. The number of hydrogen-bond donors (Lipinski definition) is 1. The summed E-state index contributed by atoms with van der Waals surface area (Å²) in [6.07, 6.45) is -1.66. The summed E-state index contributed by atoms with van der Waals surface area (Å²) >= 11 is 0. The number of hydrogen-bond acceptors (Lipinski definition) is 3. The fourth-order valence-electron chi connectivity index (χ4n) is 1.67. The normalized spacial score (nSPS) is 22.1. The van der Waals surface area contributed by atoms with Crippen molar-refractivity contribution in [1.82, 2.24) is 10.3 Å². The second-order valence-corrected chi connectivity index (χ2v) is 3.49. The summed E-state index contributed by atoms with van der Waals surface area (Å²) in [4.78, 5) is 4.03. The van der Waals surface area contributed by atoms with E-state index in [1.54, 1.807) is 6.92 Å². The molecule has 0 saturated carbocycles. The Labute approximate surface area is 80.5 Å². The monoisotopic (exact) mass is 202 g/mol. The second kappa shape index (κ2) is 3.65. The van der Waals surface area contributed by atoms with E-state index < -0.39 is 6.43 Å². The molecule has 0 bridgehead atoms. The van der Waals surface area contributed by atoms with E-state index in [4.69, 9.17) is 4.42 Å². The zero-order valence-electron chi connectivity index (χ0n) is 7.89. The van der Waals surface area contributed by atoms with E-state index in [-0.39, 0.29) is 11.7 Å². The Morgan fingerprint density at radius 2 is 2.36 bits per heavy atom. The average Bonchev–Trinajstić information content (AvgIpc) is 2.70. The Bertz CT molecular complexity index is 319. The van der Waals surface area contributed by atoms with Crippen LogP contribution in [0.3, 0.4) is 0 Å². The molecule has 0 radical (unpaired) electrons. The maximum atomic E-state index is 12.4. The van der Waals surface area contributed by atoms with Crippen LogP contribution in [0.2, 0.25) is 0 Å². The molecule has 1 aromatic heterocycles. The van der Waals surface area contributed by atoms with Crippen LogP contribution in [0.15, 0.2) is 4.42 Å². The van der Waals surface area contributed by atoms with E-state index in [0.717, 1.165) is 19.5 Å². The van der Waals surface area contributed by atoms with E-state index >= 15 is 0 Å². The molecule has 1 saturated heterocycles. The largest absolute Gasteiger partial charge is 0.439 e. The van der Waals surface area contributed by atoms with Crippen LogP contribution in [-0.4, -0.2) is 18.1 Å². The van der Waals surface area contributed by atoms with Gasteiger partial charge in [-0.1, -0.05) is 0 Å². The summed E-state index contributed by atoms with van der Waals surface area (Å²) in [5.41, 5.74) is 0.307. The molecule has 0 aromatic carbocycles. The standard InChI is InChI=1S/C9H12F2N2O/c1-5-7(8(10)11)14-9(13-5)6-2-3-12-4-6/h6,8,12H,2-4H2,1H3. The van der Waals surface area contributed by atoms with Gasteiger partial charge in [0.25, 0.3) is 6.43 Å². The average molecular weight is 202 g/mol. The molecule has 3 nitrogen and oxygen atoms in total. The molecule has 1 N–H and O–H groups in total. The number of oxazole rings is 1. The maximum absolute atomic E-state index is 12.4. The van der Waals surface area contributed by atoms with Crippen LogP contribution in [-0.2, 0) is 0 Å². The van der Waals surface area contributed by atoms with Crippen LogP contribution < -0.4 is 5.32 Å². The molecule has 1 fully saturated rings. The number of nitrogens with one attached hydrogen (secondary N) is 1. The van der Waals surface area contributed by atoms with Crippen molar-refractivity contribution >= 4 is 0 Å². The highest BCUT2D eigenvalue weighted by Crippen LogP contribution is 2.28. The van der Waals surface area contributed by atoms with Crippen molar-refractivity contribution in [3.63, 3.8) is 0 Å². The van der Waals surface area contributed by atoms with Crippen LogP contribution in [0.1, 0.15) is 36.1 Å². The van der Waals surface area contributed by atoms with E-state index in [0.29, 0.717) is 11.6 Å².